The highest BCUT2D eigenvalue weighted by atomic mass is 79.9. The number of rotatable bonds is 6. The SMILES string of the molecule is CCC(C(=O)O)C1(C(C)C)NC(=O)N(NC(=O)Nc2ccc(Br)cc2)C1=O. The number of carboxylic acid groups (broad SMARTS) is 1. The Labute approximate surface area is 164 Å². The molecule has 0 saturated carbocycles. The lowest BCUT2D eigenvalue weighted by molar-refractivity contribution is -0.152. The Morgan fingerprint density at radius 1 is 1.26 bits per heavy atom. The molecule has 1 aliphatic rings. The van der Waals surface area contributed by atoms with Crippen molar-refractivity contribution in [3.8, 4) is 0 Å². The Hall–Kier alpha value is -2.62. The molecule has 5 amide bonds. The summed E-state index contributed by atoms with van der Waals surface area (Å²) in [6.07, 6.45) is 0.137. The highest BCUT2D eigenvalue weighted by Gasteiger charge is 2.60. The first kappa shape index (κ1) is 20.7. The zero-order valence-electron chi connectivity index (χ0n) is 15.1. The molecule has 1 saturated heterocycles. The lowest BCUT2D eigenvalue weighted by atomic mass is 9.74. The van der Waals surface area contributed by atoms with Crippen LogP contribution in [0.25, 0.3) is 0 Å². The summed E-state index contributed by atoms with van der Waals surface area (Å²) in [5, 5.41) is 15.0. The minimum atomic E-state index is -1.64. The van der Waals surface area contributed by atoms with Gasteiger partial charge in [-0.25, -0.2) is 15.0 Å². The minimum absolute atomic E-state index is 0.137. The van der Waals surface area contributed by atoms with Crippen molar-refractivity contribution >= 4 is 45.6 Å². The molecule has 0 bridgehead atoms. The van der Waals surface area contributed by atoms with Crippen molar-refractivity contribution in [2.24, 2.45) is 11.8 Å². The molecule has 0 aromatic heterocycles. The fourth-order valence-corrected chi connectivity index (χ4v) is 3.44. The second kappa shape index (κ2) is 7.95. The Morgan fingerprint density at radius 3 is 2.33 bits per heavy atom. The molecule has 27 heavy (non-hydrogen) atoms. The number of anilines is 1. The molecule has 0 radical (unpaired) electrons. The maximum Gasteiger partial charge on any atom is 0.344 e. The van der Waals surface area contributed by atoms with Crippen LogP contribution in [0.1, 0.15) is 27.2 Å². The lowest BCUT2D eigenvalue weighted by Crippen LogP contribution is -2.60. The Morgan fingerprint density at radius 2 is 1.85 bits per heavy atom. The van der Waals surface area contributed by atoms with Crippen molar-refractivity contribution in [1.82, 2.24) is 15.8 Å². The van der Waals surface area contributed by atoms with Crippen LogP contribution in [0.3, 0.4) is 0 Å². The monoisotopic (exact) mass is 440 g/mol. The summed E-state index contributed by atoms with van der Waals surface area (Å²) in [4.78, 5) is 49.1. The number of halogens is 1. The van der Waals surface area contributed by atoms with Gasteiger partial charge in [-0.2, -0.15) is 5.01 Å². The number of nitrogens with one attached hydrogen (secondary N) is 3. The summed E-state index contributed by atoms with van der Waals surface area (Å²) in [5.74, 6) is -3.63. The van der Waals surface area contributed by atoms with Gasteiger partial charge in [0.05, 0.1) is 5.92 Å². The quantitative estimate of drug-likeness (QED) is 0.505. The van der Waals surface area contributed by atoms with E-state index < -0.39 is 41.3 Å². The molecule has 1 heterocycles. The number of carbonyl (C=O) groups excluding carboxylic acids is 3. The lowest BCUT2D eigenvalue weighted by Gasteiger charge is -2.35. The summed E-state index contributed by atoms with van der Waals surface area (Å²) in [7, 11) is 0. The van der Waals surface area contributed by atoms with Crippen LogP contribution in [0, 0.1) is 11.8 Å². The molecular formula is C17H21BrN4O5. The molecule has 1 aliphatic heterocycles. The van der Waals surface area contributed by atoms with Gasteiger partial charge in [0.1, 0.15) is 5.54 Å². The molecule has 1 aromatic rings. The molecule has 1 aromatic carbocycles. The van der Waals surface area contributed by atoms with E-state index in [-0.39, 0.29) is 6.42 Å². The van der Waals surface area contributed by atoms with Gasteiger partial charge in [-0.1, -0.05) is 36.7 Å². The zero-order valence-corrected chi connectivity index (χ0v) is 16.7. The third-order valence-electron chi connectivity index (χ3n) is 4.56. The molecule has 2 unspecified atom stereocenters. The van der Waals surface area contributed by atoms with Crippen molar-refractivity contribution < 1.29 is 24.3 Å². The molecule has 1 fully saturated rings. The van der Waals surface area contributed by atoms with Crippen LogP contribution in [0.5, 0.6) is 0 Å². The second-order valence-corrected chi connectivity index (χ2v) is 7.38. The number of carboxylic acids is 1. The fraction of sp³-hybridized carbons (Fsp3) is 0.412. The molecule has 2 atom stereocenters. The van der Waals surface area contributed by atoms with Gasteiger partial charge in [-0.3, -0.25) is 9.59 Å². The van der Waals surface area contributed by atoms with E-state index in [4.69, 9.17) is 0 Å². The van der Waals surface area contributed by atoms with Gasteiger partial charge < -0.3 is 15.7 Å². The van der Waals surface area contributed by atoms with Crippen molar-refractivity contribution in [3.63, 3.8) is 0 Å². The van der Waals surface area contributed by atoms with Crippen molar-refractivity contribution in [3.05, 3.63) is 28.7 Å². The molecule has 4 N–H and O–H groups in total. The number of amides is 5. The maximum atomic E-state index is 12.9. The van der Waals surface area contributed by atoms with Gasteiger partial charge in [0, 0.05) is 10.2 Å². The zero-order chi connectivity index (χ0) is 20.4. The van der Waals surface area contributed by atoms with Gasteiger partial charge in [0.15, 0.2) is 0 Å². The number of hydrogen-bond donors (Lipinski definition) is 4. The van der Waals surface area contributed by atoms with E-state index in [9.17, 15) is 24.3 Å². The number of nitrogens with zero attached hydrogens (tertiary/aromatic N) is 1. The predicted molar refractivity (Wildman–Crippen MR) is 101 cm³/mol. The summed E-state index contributed by atoms with van der Waals surface area (Å²) in [6, 6.07) is 5.01. The summed E-state index contributed by atoms with van der Waals surface area (Å²) < 4.78 is 0.823. The van der Waals surface area contributed by atoms with Crippen LogP contribution in [0.4, 0.5) is 15.3 Å². The number of imide groups is 1. The summed E-state index contributed by atoms with van der Waals surface area (Å²) in [6.45, 7) is 4.92. The van der Waals surface area contributed by atoms with E-state index in [1.807, 2.05) is 0 Å². The standard InChI is InChI=1S/C17H21BrN4O5/c1-4-12(13(23)24)17(9(2)3)14(25)22(16(27)20-17)21-15(26)19-11-7-5-10(18)6-8-11/h5-9,12H,4H2,1-3H3,(H,20,27)(H,23,24)(H2,19,21,26). The van der Waals surface area contributed by atoms with E-state index in [2.05, 4.69) is 32.0 Å². The number of carbonyl (C=O) groups is 4. The molecule has 146 valence electrons. The molecule has 10 heteroatoms. The van der Waals surface area contributed by atoms with E-state index in [1.54, 1.807) is 45.0 Å². The molecule has 9 nitrogen and oxygen atoms in total. The topological polar surface area (TPSA) is 128 Å². The van der Waals surface area contributed by atoms with E-state index in [1.165, 1.54) is 0 Å². The Balaban J connectivity index is 2.22. The molecule has 0 spiro atoms. The third kappa shape index (κ3) is 3.90. The van der Waals surface area contributed by atoms with E-state index in [0.717, 1.165) is 4.47 Å². The number of urea groups is 2. The number of aliphatic carboxylic acids is 1. The van der Waals surface area contributed by atoms with Crippen molar-refractivity contribution in [2.75, 3.05) is 5.32 Å². The first-order chi connectivity index (χ1) is 12.6. The van der Waals surface area contributed by atoms with Crippen molar-refractivity contribution in [1.29, 1.82) is 0 Å². The van der Waals surface area contributed by atoms with Gasteiger partial charge in [0.2, 0.25) is 0 Å². The Kier molecular flexibility index (Phi) is 6.09. The minimum Gasteiger partial charge on any atom is -0.481 e. The van der Waals surface area contributed by atoms with Gasteiger partial charge in [-0.05, 0) is 36.6 Å². The number of hydrazine groups is 1. The maximum absolute atomic E-state index is 12.9. The largest absolute Gasteiger partial charge is 0.481 e. The van der Waals surface area contributed by atoms with Crippen LogP contribution >= 0.6 is 15.9 Å². The first-order valence-electron chi connectivity index (χ1n) is 8.36. The normalized spacial score (nSPS) is 20.4. The van der Waals surface area contributed by atoms with Crippen LogP contribution < -0.4 is 16.1 Å². The summed E-state index contributed by atoms with van der Waals surface area (Å²) >= 11 is 3.27. The number of hydrogen-bond acceptors (Lipinski definition) is 4. The average Bonchev–Trinajstić information content (AvgIpc) is 2.83. The van der Waals surface area contributed by atoms with Crippen LogP contribution in [0.2, 0.25) is 0 Å². The third-order valence-corrected chi connectivity index (χ3v) is 5.08. The fourth-order valence-electron chi connectivity index (χ4n) is 3.18. The highest BCUT2D eigenvalue weighted by molar-refractivity contribution is 9.10. The van der Waals surface area contributed by atoms with E-state index in [0.29, 0.717) is 10.7 Å². The Bertz CT molecular complexity index is 767. The molecule has 2 rings (SSSR count). The number of benzene rings is 1. The van der Waals surface area contributed by atoms with Crippen LogP contribution in [-0.4, -0.2) is 39.6 Å². The second-order valence-electron chi connectivity index (χ2n) is 6.47. The van der Waals surface area contributed by atoms with Gasteiger partial charge >= 0.3 is 18.0 Å². The van der Waals surface area contributed by atoms with Crippen molar-refractivity contribution in [2.45, 2.75) is 32.7 Å². The van der Waals surface area contributed by atoms with Crippen LogP contribution in [-0.2, 0) is 9.59 Å². The average molecular weight is 441 g/mol. The predicted octanol–water partition coefficient (Wildman–Crippen LogP) is 2.54. The first-order valence-corrected chi connectivity index (χ1v) is 9.15. The van der Waals surface area contributed by atoms with Gasteiger partial charge in [-0.15, -0.1) is 0 Å². The smallest absolute Gasteiger partial charge is 0.344 e. The molecular weight excluding hydrogens is 420 g/mol. The van der Waals surface area contributed by atoms with Gasteiger partial charge in [0.25, 0.3) is 5.91 Å². The van der Waals surface area contributed by atoms with E-state index >= 15 is 0 Å². The highest BCUT2D eigenvalue weighted by Crippen LogP contribution is 2.35. The molecule has 0 aliphatic carbocycles. The summed E-state index contributed by atoms with van der Waals surface area (Å²) in [5.41, 5.74) is 1.00. The van der Waals surface area contributed by atoms with Crippen LogP contribution in [0.15, 0.2) is 28.7 Å².